The molecular weight excluding hydrogens is 260 g/mol. The van der Waals surface area contributed by atoms with Gasteiger partial charge in [0.05, 0.1) is 31.9 Å². The van der Waals surface area contributed by atoms with E-state index in [1.807, 2.05) is 0 Å². The molecule has 102 valence electrons. The number of rotatable bonds is 7. The maximum atomic E-state index is 11.9. The second-order valence-electron chi connectivity index (χ2n) is 3.64. The molecule has 0 spiro atoms. The number of hydrogen-bond acceptors (Lipinski definition) is 4. The predicted octanol–water partition coefficient (Wildman–Crippen LogP) is 0.415. The lowest BCUT2D eigenvalue weighted by molar-refractivity contribution is 0.0658. The summed E-state index contributed by atoms with van der Waals surface area (Å²) in [6.07, 6.45) is 0.471. The van der Waals surface area contributed by atoms with Crippen molar-refractivity contribution in [2.45, 2.75) is 19.9 Å². The SMILES string of the molecule is CCc1c(Cl)[nH]c(=O)n(CCOCCOC)c1=O. The van der Waals surface area contributed by atoms with Crippen LogP contribution < -0.4 is 11.2 Å². The van der Waals surface area contributed by atoms with E-state index in [-0.39, 0.29) is 23.9 Å². The zero-order valence-corrected chi connectivity index (χ0v) is 11.2. The Morgan fingerprint density at radius 2 is 2.00 bits per heavy atom. The first-order chi connectivity index (χ1) is 8.61. The zero-order chi connectivity index (χ0) is 13.5. The lowest BCUT2D eigenvalue weighted by Gasteiger charge is -2.08. The quantitative estimate of drug-likeness (QED) is 0.578. The van der Waals surface area contributed by atoms with Crippen LogP contribution in [0.25, 0.3) is 0 Å². The van der Waals surface area contributed by atoms with Gasteiger partial charge in [-0.15, -0.1) is 0 Å². The van der Waals surface area contributed by atoms with E-state index in [1.54, 1.807) is 14.0 Å². The smallest absolute Gasteiger partial charge is 0.329 e. The summed E-state index contributed by atoms with van der Waals surface area (Å²) in [7, 11) is 1.57. The molecule has 0 bridgehead atoms. The molecule has 1 heterocycles. The van der Waals surface area contributed by atoms with Gasteiger partial charge in [-0.1, -0.05) is 18.5 Å². The molecule has 0 saturated carbocycles. The lowest BCUT2D eigenvalue weighted by Crippen LogP contribution is -2.38. The van der Waals surface area contributed by atoms with Gasteiger partial charge >= 0.3 is 5.69 Å². The van der Waals surface area contributed by atoms with Crippen molar-refractivity contribution in [3.63, 3.8) is 0 Å². The third-order valence-corrected chi connectivity index (χ3v) is 2.80. The Morgan fingerprint density at radius 3 is 2.61 bits per heavy atom. The Balaban J connectivity index is 2.77. The van der Waals surface area contributed by atoms with Crippen LogP contribution in [-0.4, -0.2) is 36.5 Å². The fourth-order valence-electron chi connectivity index (χ4n) is 1.50. The third kappa shape index (κ3) is 3.69. The van der Waals surface area contributed by atoms with Crippen molar-refractivity contribution >= 4 is 11.6 Å². The molecule has 18 heavy (non-hydrogen) atoms. The molecule has 1 rings (SSSR count). The number of aromatic nitrogens is 2. The van der Waals surface area contributed by atoms with Crippen molar-refractivity contribution in [3.8, 4) is 0 Å². The van der Waals surface area contributed by atoms with E-state index in [0.717, 1.165) is 4.57 Å². The monoisotopic (exact) mass is 276 g/mol. The number of halogens is 1. The van der Waals surface area contributed by atoms with Gasteiger partial charge in [0.15, 0.2) is 0 Å². The summed E-state index contributed by atoms with van der Waals surface area (Å²) in [6.45, 7) is 3.18. The zero-order valence-electron chi connectivity index (χ0n) is 10.5. The molecule has 1 aromatic rings. The molecule has 0 saturated heterocycles. The van der Waals surface area contributed by atoms with Crippen LogP contribution in [0.1, 0.15) is 12.5 Å². The maximum Gasteiger partial charge on any atom is 0.329 e. The minimum absolute atomic E-state index is 0.115. The summed E-state index contributed by atoms with van der Waals surface area (Å²) in [5.41, 5.74) is -0.465. The van der Waals surface area contributed by atoms with Gasteiger partial charge in [0.25, 0.3) is 5.56 Å². The highest BCUT2D eigenvalue weighted by Crippen LogP contribution is 2.05. The molecular formula is C11H17ClN2O4. The molecule has 6 nitrogen and oxygen atoms in total. The number of ether oxygens (including phenoxy) is 2. The summed E-state index contributed by atoms with van der Waals surface area (Å²) in [4.78, 5) is 26.0. The van der Waals surface area contributed by atoms with E-state index in [4.69, 9.17) is 21.1 Å². The van der Waals surface area contributed by atoms with Gasteiger partial charge in [0, 0.05) is 7.11 Å². The highest BCUT2D eigenvalue weighted by atomic mass is 35.5. The second kappa shape index (κ2) is 7.35. The fraction of sp³-hybridized carbons (Fsp3) is 0.636. The summed E-state index contributed by atoms with van der Waals surface area (Å²) >= 11 is 5.79. The Hall–Kier alpha value is -1.11. The summed E-state index contributed by atoms with van der Waals surface area (Å²) < 4.78 is 11.1. The average Bonchev–Trinajstić information content (AvgIpc) is 2.32. The van der Waals surface area contributed by atoms with E-state index in [2.05, 4.69) is 4.98 Å². The van der Waals surface area contributed by atoms with E-state index in [1.165, 1.54) is 0 Å². The first-order valence-corrected chi connectivity index (χ1v) is 6.07. The molecule has 0 aromatic carbocycles. The van der Waals surface area contributed by atoms with Crippen molar-refractivity contribution in [1.82, 2.24) is 9.55 Å². The Kier molecular flexibility index (Phi) is 6.11. The lowest BCUT2D eigenvalue weighted by atomic mass is 10.2. The van der Waals surface area contributed by atoms with Gasteiger partial charge in [-0.05, 0) is 6.42 Å². The number of nitrogens with one attached hydrogen (secondary N) is 1. The number of H-pyrrole nitrogens is 1. The van der Waals surface area contributed by atoms with E-state index in [0.29, 0.717) is 25.2 Å². The molecule has 0 aliphatic heterocycles. The largest absolute Gasteiger partial charge is 0.382 e. The van der Waals surface area contributed by atoms with Gasteiger partial charge in [-0.25, -0.2) is 4.79 Å². The Morgan fingerprint density at radius 1 is 1.28 bits per heavy atom. The van der Waals surface area contributed by atoms with E-state index in [9.17, 15) is 9.59 Å². The molecule has 0 aliphatic rings. The van der Waals surface area contributed by atoms with Gasteiger partial charge in [0.2, 0.25) is 0 Å². The standard InChI is InChI=1S/C11H17ClN2O4/c1-3-8-9(12)13-11(16)14(10(8)15)4-5-18-7-6-17-2/h3-7H2,1-2H3,(H,13,16). The van der Waals surface area contributed by atoms with Crippen LogP contribution in [-0.2, 0) is 22.4 Å². The maximum absolute atomic E-state index is 11.9. The van der Waals surface area contributed by atoms with Crippen LogP contribution in [0.15, 0.2) is 9.59 Å². The molecule has 0 unspecified atom stereocenters. The van der Waals surface area contributed by atoms with Crippen LogP contribution in [0.2, 0.25) is 5.15 Å². The number of aromatic amines is 1. The van der Waals surface area contributed by atoms with Crippen LogP contribution in [0.3, 0.4) is 0 Å². The Labute approximate surface area is 109 Å². The molecule has 1 aromatic heterocycles. The Bertz CT molecular complexity index is 495. The van der Waals surface area contributed by atoms with Crippen molar-refractivity contribution in [2.75, 3.05) is 26.9 Å². The van der Waals surface area contributed by atoms with Crippen LogP contribution >= 0.6 is 11.6 Å². The molecule has 0 atom stereocenters. The predicted molar refractivity (Wildman–Crippen MR) is 68.4 cm³/mol. The summed E-state index contributed by atoms with van der Waals surface area (Å²) in [5, 5.41) is 0.115. The van der Waals surface area contributed by atoms with Gasteiger partial charge < -0.3 is 9.47 Å². The minimum atomic E-state index is -0.516. The highest BCUT2D eigenvalue weighted by Gasteiger charge is 2.10. The van der Waals surface area contributed by atoms with Gasteiger partial charge in [-0.2, -0.15) is 0 Å². The highest BCUT2D eigenvalue weighted by molar-refractivity contribution is 6.30. The van der Waals surface area contributed by atoms with Crippen LogP contribution in [0.4, 0.5) is 0 Å². The number of hydrogen-bond donors (Lipinski definition) is 1. The summed E-state index contributed by atoms with van der Waals surface area (Å²) in [6, 6.07) is 0. The van der Waals surface area contributed by atoms with E-state index < -0.39 is 5.69 Å². The molecule has 1 N–H and O–H groups in total. The molecule has 0 aliphatic carbocycles. The fourth-order valence-corrected chi connectivity index (χ4v) is 1.79. The molecule has 0 fully saturated rings. The van der Waals surface area contributed by atoms with Crippen molar-refractivity contribution in [2.24, 2.45) is 0 Å². The van der Waals surface area contributed by atoms with Crippen LogP contribution in [0, 0.1) is 0 Å². The molecule has 7 heteroatoms. The minimum Gasteiger partial charge on any atom is -0.382 e. The van der Waals surface area contributed by atoms with Crippen molar-refractivity contribution in [1.29, 1.82) is 0 Å². The van der Waals surface area contributed by atoms with Crippen LogP contribution in [0.5, 0.6) is 0 Å². The topological polar surface area (TPSA) is 73.3 Å². The first-order valence-electron chi connectivity index (χ1n) is 5.70. The van der Waals surface area contributed by atoms with Crippen molar-refractivity contribution in [3.05, 3.63) is 31.6 Å². The molecule has 0 radical (unpaired) electrons. The third-order valence-electron chi connectivity index (χ3n) is 2.47. The number of nitrogens with zero attached hydrogens (tertiary/aromatic N) is 1. The number of methoxy groups -OCH3 is 1. The van der Waals surface area contributed by atoms with Crippen molar-refractivity contribution < 1.29 is 9.47 Å². The van der Waals surface area contributed by atoms with E-state index >= 15 is 0 Å². The summed E-state index contributed by atoms with van der Waals surface area (Å²) in [5.74, 6) is 0. The van der Waals surface area contributed by atoms with Gasteiger partial charge in [-0.3, -0.25) is 14.3 Å². The molecule has 0 amide bonds. The normalized spacial score (nSPS) is 10.8. The van der Waals surface area contributed by atoms with Gasteiger partial charge in [0.1, 0.15) is 5.15 Å². The average molecular weight is 277 g/mol. The first kappa shape index (κ1) is 14.9. The second-order valence-corrected chi connectivity index (χ2v) is 4.02.